The first-order valence-electron chi connectivity index (χ1n) is 11.1. The monoisotopic (exact) mass is 464 g/mol. The lowest BCUT2D eigenvalue weighted by Crippen LogP contribution is -2.46. The van der Waals surface area contributed by atoms with E-state index >= 15 is 0 Å². The Morgan fingerprint density at radius 3 is 2.45 bits per heavy atom. The molecule has 1 heterocycles. The first-order valence-corrected chi connectivity index (χ1v) is 12.1. The minimum atomic E-state index is 0.0446. The summed E-state index contributed by atoms with van der Waals surface area (Å²) in [5, 5.41) is 3.31. The Labute approximate surface area is 192 Å². The Kier molecular flexibility index (Phi) is 11.0. The minimum absolute atomic E-state index is 0.0446. The van der Waals surface area contributed by atoms with E-state index in [9.17, 15) is 4.79 Å². The van der Waals surface area contributed by atoms with Crippen LogP contribution in [0.1, 0.15) is 68.4 Å². The van der Waals surface area contributed by atoms with Crippen molar-refractivity contribution in [3.05, 3.63) is 46.1 Å². The van der Waals surface area contributed by atoms with Crippen LogP contribution < -0.4 is 14.4 Å². The number of amides is 1. The number of carbonyl (C=O) groups excluding carboxylic acids is 1. The van der Waals surface area contributed by atoms with Crippen molar-refractivity contribution in [2.45, 2.75) is 59.8 Å². The Morgan fingerprint density at radius 2 is 1.87 bits per heavy atom. The summed E-state index contributed by atoms with van der Waals surface area (Å²) in [6.07, 6.45) is 8.92. The summed E-state index contributed by atoms with van der Waals surface area (Å²) in [6, 6.07) is 2.01. The molecule has 7 heteroatoms. The van der Waals surface area contributed by atoms with Gasteiger partial charge in [0.05, 0.1) is 24.5 Å². The highest BCUT2D eigenvalue weighted by atomic mass is 31.0. The smallest absolute Gasteiger partial charge is 0.258 e. The van der Waals surface area contributed by atoms with E-state index < -0.39 is 0 Å². The molecule has 1 aliphatic heterocycles. The van der Waals surface area contributed by atoms with E-state index in [-0.39, 0.29) is 5.91 Å². The van der Waals surface area contributed by atoms with Gasteiger partial charge in [0.25, 0.3) is 5.91 Å². The molecule has 1 aromatic carbocycles. The van der Waals surface area contributed by atoms with Gasteiger partial charge in [-0.1, -0.05) is 36.6 Å². The summed E-state index contributed by atoms with van der Waals surface area (Å²) in [7, 11) is 4.68. The van der Waals surface area contributed by atoms with Crippen molar-refractivity contribution in [2.24, 2.45) is 0 Å². The van der Waals surface area contributed by atoms with Crippen LogP contribution in [0.4, 0.5) is 0 Å². The summed E-state index contributed by atoms with van der Waals surface area (Å²) in [5.74, 6) is 1.41. The van der Waals surface area contributed by atoms with Crippen molar-refractivity contribution in [3.63, 3.8) is 0 Å². The van der Waals surface area contributed by atoms with Crippen LogP contribution in [0.2, 0.25) is 0 Å². The highest BCUT2D eigenvalue weighted by molar-refractivity contribution is 7.10. The third-order valence-corrected chi connectivity index (χ3v) is 6.04. The van der Waals surface area contributed by atoms with Crippen LogP contribution in [0.25, 0.3) is 0 Å². The Balaban J connectivity index is 2.44. The predicted molar refractivity (Wildman–Crippen MR) is 136 cm³/mol. The van der Waals surface area contributed by atoms with Gasteiger partial charge in [0.15, 0.2) is 0 Å². The molecule has 0 spiro atoms. The number of allylic oxidation sites excluding steroid dienone is 4. The number of piperazine rings is 1. The van der Waals surface area contributed by atoms with Gasteiger partial charge in [-0.2, -0.15) is 0 Å². The van der Waals surface area contributed by atoms with Crippen LogP contribution >= 0.6 is 18.9 Å². The zero-order valence-corrected chi connectivity index (χ0v) is 21.7. The fraction of sp³-hybridized carbons (Fsp3) is 0.542. The summed E-state index contributed by atoms with van der Waals surface area (Å²) in [4.78, 5) is 15.4. The molecule has 0 radical (unpaired) electrons. The second kappa shape index (κ2) is 13.2. The fourth-order valence-corrected chi connectivity index (χ4v) is 4.32. The van der Waals surface area contributed by atoms with E-state index in [1.165, 1.54) is 11.1 Å². The molecule has 1 aliphatic rings. The van der Waals surface area contributed by atoms with E-state index in [0.717, 1.165) is 55.6 Å². The van der Waals surface area contributed by atoms with Gasteiger partial charge in [-0.15, -0.1) is 0 Å². The molecular formula is C24H38N2O3P2. The predicted octanol–water partition coefficient (Wildman–Crippen LogP) is 5.26. The Bertz CT molecular complexity index is 812. The average molecular weight is 465 g/mol. The summed E-state index contributed by atoms with van der Waals surface area (Å²) in [5.41, 5.74) is 5.22. The van der Waals surface area contributed by atoms with Crippen molar-refractivity contribution in [1.29, 1.82) is 0 Å². The molecule has 1 fully saturated rings. The van der Waals surface area contributed by atoms with E-state index in [2.05, 4.69) is 64.1 Å². The summed E-state index contributed by atoms with van der Waals surface area (Å²) < 4.78 is 11.4. The lowest BCUT2D eigenvalue weighted by molar-refractivity contribution is 0.0732. The van der Waals surface area contributed by atoms with Gasteiger partial charge in [-0.25, -0.2) is 0 Å². The van der Waals surface area contributed by atoms with Gasteiger partial charge in [-0.05, 0) is 58.1 Å². The molecular weight excluding hydrogens is 426 g/mol. The largest absolute Gasteiger partial charge is 0.480 e. The third kappa shape index (κ3) is 7.31. The van der Waals surface area contributed by atoms with E-state index in [1.807, 2.05) is 11.0 Å². The van der Waals surface area contributed by atoms with Crippen LogP contribution in [0, 0.1) is 0 Å². The van der Waals surface area contributed by atoms with Crippen molar-refractivity contribution in [1.82, 2.24) is 10.2 Å². The van der Waals surface area contributed by atoms with Crippen LogP contribution in [0.5, 0.6) is 11.5 Å². The lowest BCUT2D eigenvalue weighted by atomic mass is 9.94. The SMILES string of the molecule is CCCc1cc(OP)c(C/C=C(\C)CCC=C(C)C)c(OP)c1C(=O)N1CCNCC1. The van der Waals surface area contributed by atoms with Crippen LogP contribution in [0.3, 0.4) is 0 Å². The number of nitrogens with one attached hydrogen (secondary N) is 1. The van der Waals surface area contributed by atoms with Crippen molar-refractivity contribution < 1.29 is 13.8 Å². The van der Waals surface area contributed by atoms with Crippen LogP contribution in [-0.4, -0.2) is 37.0 Å². The normalized spacial score (nSPS) is 14.4. The molecule has 0 saturated carbocycles. The molecule has 1 saturated heterocycles. The number of nitrogens with zero attached hydrogens (tertiary/aromatic N) is 1. The van der Waals surface area contributed by atoms with E-state index in [0.29, 0.717) is 30.8 Å². The summed E-state index contributed by atoms with van der Waals surface area (Å²) in [6.45, 7) is 11.6. The van der Waals surface area contributed by atoms with E-state index in [4.69, 9.17) is 9.05 Å². The van der Waals surface area contributed by atoms with Gasteiger partial charge >= 0.3 is 0 Å². The maximum Gasteiger partial charge on any atom is 0.258 e. The maximum absolute atomic E-state index is 13.5. The number of rotatable bonds is 10. The average Bonchev–Trinajstić information content (AvgIpc) is 2.77. The molecule has 1 aromatic rings. The number of aryl methyl sites for hydroxylation is 1. The first kappa shape index (κ1) is 25.8. The molecule has 2 rings (SSSR count). The molecule has 1 amide bonds. The van der Waals surface area contributed by atoms with Gasteiger partial charge in [-0.3, -0.25) is 4.79 Å². The second-order valence-electron chi connectivity index (χ2n) is 8.32. The third-order valence-electron chi connectivity index (χ3n) is 5.55. The molecule has 5 nitrogen and oxygen atoms in total. The van der Waals surface area contributed by atoms with Gasteiger partial charge in [0, 0.05) is 31.7 Å². The molecule has 2 atom stereocenters. The van der Waals surface area contributed by atoms with Gasteiger partial charge < -0.3 is 19.3 Å². The highest BCUT2D eigenvalue weighted by Gasteiger charge is 2.28. The zero-order valence-electron chi connectivity index (χ0n) is 19.4. The number of carbonyl (C=O) groups is 1. The topological polar surface area (TPSA) is 50.8 Å². The molecule has 1 N–H and O–H groups in total. The lowest BCUT2D eigenvalue weighted by Gasteiger charge is -2.29. The van der Waals surface area contributed by atoms with Gasteiger partial charge in [0.2, 0.25) is 0 Å². The van der Waals surface area contributed by atoms with Crippen molar-refractivity contribution in [2.75, 3.05) is 26.2 Å². The number of benzene rings is 1. The fourth-order valence-electron chi connectivity index (χ4n) is 3.85. The zero-order chi connectivity index (χ0) is 22.8. The molecule has 0 aliphatic carbocycles. The molecule has 31 heavy (non-hydrogen) atoms. The summed E-state index contributed by atoms with van der Waals surface area (Å²) >= 11 is 0. The van der Waals surface area contributed by atoms with E-state index in [1.54, 1.807) is 0 Å². The first-order chi connectivity index (χ1) is 14.9. The second-order valence-corrected chi connectivity index (χ2v) is 8.79. The Morgan fingerprint density at radius 1 is 1.16 bits per heavy atom. The maximum atomic E-state index is 13.5. The van der Waals surface area contributed by atoms with Crippen molar-refractivity contribution in [3.8, 4) is 11.5 Å². The molecule has 0 bridgehead atoms. The molecule has 2 unspecified atom stereocenters. The number of hydrogen-bond donors (Lipinski definition) is 1. The van der Waals surface area contributed by atoms with Crippen molar-refractivity contribution >= 4 is 24.8 Å². The Hall–Kier alpha value is -1.41. The van der Waals surface area contributed by atoms with Gasteiger partial charge in [0.1, 0.15) is 11.5 Å². The quantitative estimate of drug-likeness (QED) is 0.379. The molecule has 0 aromatic heterocycles. The highest BCUT2D eigenvalue weighted by Crippen LogP contribution is 2.39. The molecule has 172 valence electrons. The van der Waals surface area contributed by atoms with Crippen LogP contribution in [0.15, 0.2) is 29.4 Å². The van der Waals surface area contributed by atoms with Crippen LogP contribution in [-0.2, 0) is 12.8 Å². The number of hydrogen-bond acceptors (Lipinski definition) is 4. The standard InChI is InChI=1S/C24H38N2O3P2/c1-5-7-19-16-21(28-30)20(11-10-18(4)9-6-8-17(2)3)23(29-31)22(19)24(27)26-14-12-25-13-15-26/h8,10,16,25H,5-7,9,11-15,30-31H2,1-4H3/b18-10+. The minimum Gasteiger partial charge on any atom is -0.480 e.